The summed E-state index contributed by atoms with van der Waals surface area (Å²) in [5, 5.41) is 0.245. The van der Waals surface area contributed by atoms with Crippen molar-refractivity contribution in [2.45, 2.75) is 64.1 Å². The first-order chi connectivity index (χ1) is 7.72. The summed E-state index contributed by atoms with van der Waals surface area (Å²) in [6.45, 7) is 15.1. The molecule has 4 atom stereocenters. The molecule has 0 bridgehead atoms. The Morgan fingerprint density at radius 1 is 1.06 bits per heavy atom. The van der Waals surface area contributed by atoms with Crippen LogP contribution in [0.25, 0.3) is 0 Å². The van der Waals surface area contributed by atoms with Gasteiger partial charge in [0.05, 0.1) is 25.4 Å². The van der Waals surface area contributed by atoms with Crippen LogP contribution in [0.1, 0.15) is 27.7 Å². The molecule has 2 saturated heterocycles. The second kappa shape index (κ2) is 4.33. The monoisotopic (exact) mass is 258 g/mol. The number of hydrogen-bond donors (Lipinski definition) is 0. The molecule has 0 aromatic carbocycles. The van der Waals surface area contributed by atoms with E-state index in [4.69, 9.17) is 13.9 Å². The van der Waals surface area contributed by atoms with Crippen LogP contribution in [0, 0.1) is 5.92 Å². The number of ether oxygens (including phenoxy) is 2. The third kappa shape index (κ3) is 2.45. The molecule has 100 valence electrons. The maximum atomic E-state index is 6.41. The van der Waals surface area contributed by atoms with E-state index in [2.05, 4.69) is 40.8 Å². The van der Waals surface area contributed by atoms with Gasteiger partial charge in [-0.1, -0.05) is 27.7 Å². The molecular formula is C13H26O3Si. The standard InChI is InChI=1S/C13H26O3Si/c1-9-7-14-12-10(8-15-11(9)12)16-17(5,6)13(2,3)4/h9-12H,7-8H2,1-6H3/t9-,10-,11-,12-/m1/s1. The predicted molar refractivity (Wildman–Crippen MR) is 70.7 cm³/mol. The molecule has 0 spiro atoms. The summed E-state index contributed by atoms with van der Waals surface area (Å²) < 4.78 is 18.1. The predicted octanol–water partition coefficient (Wildman–Crippen LogP) is 2.81. The lowest BCUT2D eigenvalue weighted by Gasteiger charge is -2.39. The minimum absolute atomic E-state index is 0.144. The van der Waals surface area contributed by atoms with Crippen LogP contribution in [-0.2, 0) is 13.9 Å². The topological polar surface area (TPSA) is 27.7 Å². The molecule has 0 aliphatic carbocycles. The lowest BCUT2D eigenvalue weighted by atomic mass is 10.0. The van der Waals surface area contributed by atoms with Gasteiger partial charge in [0.2, 0.25) is 0 Å². The van der Waals surface area contributed by atoms with Crippen molar-refractivity contribution < 1.29 is 13.9 Å². The molecule has 0 N–H and O–H groups in total. The van der Waals surface area contributed by atoms with Crippen LogP contribution < -0.4 is 0 Å². The van der Waals surface area contributed by atoms with Gasteiger partial charge in [-0.25, -0.2) is 0 Å². The summed E-state index contributed by atoms with van der Waals surface area (Å²) in [5.41, 5.74) is 0. The van der Waals surface area contributed by atoms with Gasteiger partial charge in [0.1, 0.15) is 6.10 Å². The first-order valence-corrected chi connectivity index (χ1v) is 9.54. The summed E-state index contributed by atoms with van der Waals surface area (Å²) in [5.74, 6) is 0.507. The molecule has 0 unspecified atom stereocenters. The van der Waals surface area contributed by atoms with Gasteiger partial charge in [0.15, 0.2) is 8.32 Å². The molecule has 0 aromatic rings. The van der Waals surface area contributed by atoms with Gasteiger partial charge < -0.3 is 13.9 Å². The lowest BCUT2D eigenvalue weighted by molar-refractivity contribution is 0.0234. The fraction of sp³-hybridized carbons (Fsp3) is 1.00. The zero-order valence-electron chi connectivity index (χ0n) is 11.9. The van der Waals surface area contributed by atoms with Gasteiger partial charge in [0, 0.05) is 5.92 Å². The van der Waals surface area contributed by atoms with Crippen LogP contribution in [-0.4, -0.2) is 39.8 Å². The number of fused-ring (bicyclic) bond motifs is 1. The van der Waals surface area contributed by atoms with Crippen molar-refractivity contribution in [2.75, 3.05) is 13.2 Å². The average molecular weight is 258 g/mol. The molecule has 0 aromatic heterocycles. The SMILES string of the molecule is C[C@@H]1CO[C@H]2[C@@H]1OC[C@H]2O[Si](C)(C)C(C)(C)C. The number of rotatable bonds is 2. The maximum Gasteiger partial charge on any atom is 0.192 e. The Labute approximate surface area is 106 Å². The van der Waals surface area contributed by atoms with E-state index >= 15 is 0 Å². The fourth-order valence-corrected chi connectivity index (χ4v) is 3.62. The first-order valence-electron chi connectivity index (χ1n) is 6.63. The van der Waals surface area contributed by atoms with E-state index in [1.807, 2.05) is 0 Å². The van der Waals surface area contributed by atoms with Gasteiger partial charge in [0.25, 0.3) is 0 Å². The van der Waals surface area contributed by atoms with E-state index in [0.717, 1.165) is 6.61 Å². The number of hydrogen-bond acceptors (Lipinski definition) is 3. The smallest absolute Gasteiger partial charge is 0.192 e. The summed E-state index contributed by atoms with van der Waals surface area (Å²) >= 11 is 0. The van der Waals surface area contributed by atoms with Crippen molar-refractivity contribution in [1.82, 2.24) is 0 Å². The molecular weight excluding hydrogens is 232 g/mol. The lowest BCUT2D eigenvalue weighted by Crippen LogP contribution is -2.47. The second-order valence-corrected chi connectivity index (χ2v) is 11.7. The van der Waals surface area contributed by atoms with E-state index < -0.39 is 8.32 Å². The summed E-state index contributed by atoms with van der Waals surface area (Å²) in [6.07, 6.45) is 0.565. The molecule has 2 heterocycles. The van der Waals surface area contributed by atoms with Gasteiger partial charge in [-0.3, -0.25) is 0 Å². The van der Waals surface area contributed by atoms with Crippen LogP contribution in [0.2, 0.25) is 18.1 Å². The summed E-state index contributed by atoms with van der Waals surface area (Å²) in [6, 6.07) is 0. The molecule has 4 heteroatoms. The van der Waals surface area contributed by atoms with Crippen LogP contribution in [0.5, 0.6) is 0 Å². The Balaban J connectivity index is 2.02. The van der Waals surface area contributed by atoms with Crippen molar-refractivity contribution in [2.24, 2.45) is 5.92 Å². The molecule has 2 aliphatic rings. The molecule has 0 radical (unpaired) electrons. The molecule has 3 nitrogen and oxygen atoms in total. The van der Waals surface area contributed by atoms with Crippen LogP contribution in [0.3, 0.4) is 0 Å². The van der Waals surface area contributed by atoms with Crippen LogP contribution >= 0.6 is 0 Å². The van der Waals surface area contributed by atoms with Gasteiger partial charge in [-0.05, 0) is 18.1 Å². The van der Waals surface area contributed by atoms with E-state index in [1.54, 1.807) is 0 Å². The van der Waals surface area contributed by atoms with Crippen molar-refractivity contribution in [3.63, 3.8) is 0 Å². The summed E-state index contributed by atoms with van der Waals surface area (Å²) in [4.78, 5) is 0. The zero-order chi connectivity index (χ0) is 12.8. The highest BCUT2D eigenvalue weighted by atomic mass is 28.4. The highest BCUT2D eigenvalue weighted by Crippen LogP contribution is 2.40. The van der Waals surface area contributed by atoms with Crippen molar-refractivity contribution in [1.29, 1.82) is 0 Å². The molecule has 0 amide bonds. The maximum absolute atomic E-state index is 6.41. The Morgan fingerprint density at radius 2 is 1.65 bits per heavy atom. The molecule has 2 fully saturated rings. The van der Waals surface area contributed by atoms with Crippen LogP contribution in [0.4, 0.5) is 0 Å². The zero-order valence-corrected chi connectivity index (χ0v) is 12.9. The Kier molecular flexibility index (Phi) is 3.45. The third-order valence-electron chi connectivity index (χ3n) is 4.51. The molecule has 2 aliphatic heterocycles. The third-order valence-corrected chi connectivity index (χ3v) is 9.01. The highest BCUT2D eigenvalue weighted by Gasteiger charge is 2.49. The normalized spacial score (nSPS) is 38.5. The summed E-state index contributed by atoms with van der Waals surface area (Å²) in [7, 11) is -1.71. The molecule has 17 heavy (non-hydrogen) atoms. The highest BCUT2D eigenvalue weighted by molar-refractivity contribution is 6.74. The molecule has 2 rings (SSSR count). The van der Waals surface area contributed by atoms with E-state index in [1.165, 1.54) is 0 Å². The molecule has 0 saturated carbocycles. The van der Waals surface area contributed by atoms with Crippen molar-refractivity contribution in [3.8, 4) is 0 Å². The largest absolute Gasteiger partial charge is 0.409 e. The second-order valence-electron chi connectivity index (χ2n) is 6.99. The van der Waals surface area contributed by atoms with Crippen molar-refractivity contribution in [3.05, 3.63) is 0 Å². The van der Waals surface area contributed by atoms with E-state index in [9.17, 15) is 0 Å². The minimum atomic E-state index is -1.71. The van der Waals surface area contributed by atoms with E-state index in [-0.39, 0.29) is 23.4 Å². The Hall–Kier alpha value is 0.0969. The first kappa shape index (κ1) is 13.5. The van der Waals surface area contributed by atoms with Crippen LogP contribution in [0.15, 0.2) is 0 Å². The van der Waals surface area contributed by atoms with E-state index in [0.29, 0.717) is 12.5 Å². The minimum Gasteiger partial charge on any atom is -0.409 e. The van der Waals surface area contributed by atoms with Gasteiger partial charge in [-0.2, -0.15) is 0 Å². The van der Waals surface area contributed by atoms with Gasteiger partial charge >= 0.3 is 0 Å². The Morgan fingerprint density at radius 3 is 2.24 bits per heavy atom. The fourth-order valence-electron chi connectivity index (χ4n) is 2.31. The van der Waals surface area contributed by atoms with Gasteiger partial charge in [-0.15, -0.1) is 0 Å². The Bertz CT molecular complexity index is 285. The average Bonchev–Trinajstić information content (AvgIpc) is 2.70. The quantitative estimate of drug-likeness (QED) is 0.713. The van der Waals surface area contributed by atoms with Crippen molar-refractivity contribution >= 4 is 8.32 Å².